The van der Waals surface area contributed by atoms with E-state index in [1.54, 1.807) is 12.1 Å². The highest BCUT2D eigenvalue weighted by molar-refractivity contribution is 5.94. The number of benzene rings is 1. The Labute approximate surface area is 138 Å². The fourth-order valence-corrected chi connectivity index (χ4v) is 2.39. The van der Waals surface area contributed by atoms with Gasteiger partial charge in [-0.1, -0.05) is 6.07 Å². The van der Waals surface area contributed by atoms with E-state index in [1.807, 2.05) is 26.0 Å². The SMILES string of the molecule is CC(C)OCCCNC(=O)c1cccc(OCC2CCCO2)c1. The predicted molar refractivity (Wildman–Crippen MR) is 88.9 cm³/mol. The van der Waals surface area contributed by atoms with E-state index in [0.717, 1.165) is 25.9 Å². The molecule has 1 aliphatic rings. The quantitative estimate of drug-likeness (QED) is 0.711. The highest BCUT2D eigenvalue weighted by atomic mass is 16.5. The molecule has 1 amide bonds. The van der Waals surface area contributed by atoms with Crippen LogP contribution in [0.4, 0.5) is 0 Å². The van der Waals surface area contributed by atoms with Gasteiger partial charge in [-0.05, 0) is 51.3 Å². The second kappa shape index (κ2) is 9.53. The molecular formula is C18H27NO4. The van der Waals surface area contributed by atoms with Crippen molar-refractivity contribution in [3.8, 4) is 5.75 Å². The highest BCUT2D eigenvalue weighted by Crippen LogP contribution is 2.17. The summed E-state index contributed by atoms with van der Waals surface area (Å²) in [7, 11) is 0. The van der Waals surface area contributed by atoms with Gasteiger partial charge in [0.2, 0.25) is 0 Å². The number of hydrogen-bond acceptors (Lipinski definition) is 4. The van der Waals surface area contributed by atoms with Gasteiger partial charge in [0.05, 0.1) is 12.2 Å². The summed E-state index contributed by atoms with van der Waals surface area (Å²) in [6.45, 7) is 6.62. The van der Waals surface area contributed by atoms with E-state index < -0.39 is 0 Å². The van der Waals surface area contributed by atoms with E-state index in [9.17, 15) is 4.79 Å². The third kappa shape index (κ3) is 6.59. The summed E-state index contributed by atoms with van der Waals surface area (Å²) in [5.41, 5.74) is 0.611. The fraction of sp³-hybridized carbons (Fsp3) is 0.611. The van der Waals surface area contributed by atoms with Gasteiger partial charge >= 0.3 is 0 Å². The Kier molecular flexibility index (Phi) is 7.36. The van der Waals surface area contributed by atoms with E-state index in [-0.39, 0.29) is 18.1 Å². The van der Waals surface area contributed by atoms with Crippen molar-refractivity contribution < 1.29 is 19.0 Å². The van der Waals surface area contributed by atoms with E-state index in [4.69, 9.17) is 14.2 Å². The minimum atomic E-state index is -0.0860. The maximum atomic E-state index is 12.1. The average Bonchev–Trinajstić information content (AvgIpc) is 3.06. The number of rotatable bonds is 9. The zero-order valence-corrected chi connectivity index (χ0v) is 14.0. The average molecular weight is 321 g/mol. The molecule has 1 aromatic rings. The first-order valence-electron chi connectivity index (χ1n) is 8.39. The normalized spacial score (nSPS) is 17.4. The van der Waals surface area contributed by atoms with Crippen LogP contribution >= 0.6 is 0 Å². The summed E-state index contributed by atoms with van der Waals surface area (Å²) in [5.74, 6) is 0.619. The van der Waals surface area contributed by atoms with Gasteiger partial charge in [0.25, 0.3) is 5.91 Å². The Morgan fingerprint density at radius 2 is 2.30 bits per heavy atom. The van der Waals surface area contributed by atoms with Gasteiger partial charge < -0.3 is 19.5 Å². The molecule has 1 saturated heterocycles. The first-order chi connectivity index (χ1) is 11.1. The number of amides is 1. The van der Waals surface area contributed by atoms with Crippen LogP contribution in [0, 0.1) is 0 Å². The molecular weight excluding hydrogens is 294 g/mol. The van der Waals surface area contributed by atoms with Crippen LogP contribution in [-0.4, -0.2) is 44.5 Å². The second-order valence-corrected chi connectivity index (χ2v) is 6.00. The lowest BCUT2D eigenvalue weighted by Crippen LogP contribution is -2.25. The molecule has 0 radical (unpaired) electrons. The lowest BCUT2D eigenvalue weighted by molar-refractivity contribution is 0.0679. The van der Waals surface area contributed by atoms with Crippen molar-refractivity contribution in [3.63, 3.8) is 0 Å². The Hall–Kier alpha value is -1.59. The van der Waals surface area contributed by atoms with Crippen molar-refractivity contribution in [1.29, 1.82) is 0 Å². The summed E-state index contributed by atoms with van der Waals surface area (Å²) in [6, 6.07) is 7.26. The molecule has 128 valence electrons. The van der Waals surface area contributed by atoms with Gasteiger partial charge in [0.1, 0.15) is 12.4 Å². The summed E-state index contributed by atoms with van der Waals surface area (Å²) in [4.78, 5) is 12.1. The monoisotopic (exact) mass is 321 g/mol. The zero-order chi connectivity index (χ0) is 16.5. The van der Waals surface area contributed by atoms with E-state index in [1.165, 1.54) is 0 Å². The van der Waals surface area contributed by atoms with Crippen LogP contribution in [0.5, 0.6) is 5.75 Å². The van der Waals surface area contributed by atoms with Crippen molar-refractivity contribution in [2.24, 2.45) is 0 Å². The third-order valence-electron chi connectivity index (χ3n) is 3.61. The van der Waals surface area contributed by atoms with Gasteiger partial charge in [-0.15, -0.1) is 0 Å². The van der Waals surface area contributed by atoms with E-state index in [2.05, 4.69) is 5.32 Å². The summed E-state index contributed by atoms with van der Waals surface area (Å²) >= 11 is 0. The number of nitrogens with one attached hydrogen (secondary N) is 1. The lowest BCUT2D eigenvalue weighted by Gasteiger charge is -2.12. The molecule has 0 spiro atoms. The molecule has 1 aliphatic heterocycles. The van der Waals surface area contributed by atoms with Crippen molar-refractivity contribution in [2.45, 2.75) is 45.3 Å². The minimum absolute atomic E-state index is 0.0860. The number of carbonyl (C=O) groups is 1. The standard InChI is InChI=1S/C18H27NO4/c1-14(2)21-11-5-9-19-18(20)15-6-3-7-16(12-15)23-13-17-8-4-10-22-17/h3,6-7,12,14,17H,4-5,8-11,13H2,1-2H3,(H,19,20). The zero-order valence-electron chi connectivity index (χ0n) is 14.0. The van der Waals surface area contributed by atoms with Crippen molar-refractivity contribution in [3.05, 3.63) is 29.8 Å². The molecule has 0 bridgehead atoms. The predicted octanol–water partition coefficient (Wildman–Crippen LogP) is 2.79. The summed E-state index contributed by atoms with van der Waals surface area (Å²) < 4.78 is 16.7. The van der Waals surface area contributed by atoms with Gasteiger partial charge in [0, 0.05) is 25.3 Å². The minimum Gasteiger partial charge on any atom is -0.491 e. The van der Waals surface area contributed by atoms with Crippen LogP contribution in [-0.2, 0) is 9.47 Å². The molecule has 23 heavy (non-hydrogen) atoms. The molecule has 0 aromatic heterocycles. The Bertz CT molecular complexity index is 484. The van der Waals surface area contributed by atoms with Crippen LogP contribution in [0.15, 0.2) is 24.3 Å². The van der Waals surface area contributed by atoms with Crippen LogP contribution < -0.4 is 10.1 Å². The van der Waals surface area contributed by atoms with E-state index in [0.29, 0.717) is 31.1 Å². The molecule has 1 N–H and O–H groups in total. The molecule has 0 saturated carbocycles. The molecule has 1 heterocycles. The van der Waals surface area contributed by atoms with Crippen LogP contribution in [0.25, 0.3) is 0 Å². The van der Waals surface area contributed by atoms with Crippen molar-refractivity contribution in [2.75, 3.05) is 26.4 Å². The number of carbonyl (C=O) groups excluding carboxylic acids is 1. The summed E-state index contributed by atoms with van der Waals surface area (Å²) in [5, 5.41) is 2.90. The molecule has 5 heteroatoms. The smallest absolute Gasteiger partial charge is 0.251 e. The molecule has 1 fully saturated rings. The third-order valence-corrected chi connectivity index (χ3v) is 3.61. The number of ether oxygens (including phenoxy) is 3. The van der Waals surface area contributed by atoms with Gasteiger partial charge in [-0.25, -0.2) is 0 Å². The maximum Gasteiger partial charge on any atom is 0.251 e. The number of hydrogen-bond donors (Lipinski definition) is 1. The van der Waals surface area contributed by atoms with E-state index >= 15 is 0 Å². The van der Waals surface area contributed by atoms with Gasteiger partial charge in [-0.3, -0.25) is 4.79 Å². The Morgan fingerprint density at radius 1 is 1.43 bits per heavy atom. The molecule has 1 atom stereocenters. The van der Waals surface area contributed by atoms with Gasteiger partial charge in [0.15, 0.2) is 0 Å². The topological polar surface area (TPSA) is 56.8 Å². The Morgan fingerprint density at radius 3 is 3.04 bits per heavy atom. The van der Waals surface area contributed by atoms with Crippen LogP contribution in [0.2, 0.25) is 0 Å². The van der Waals surface area contributed by atoms with Crippen molar-refractivity contribution >= 4 is 5.91 Å². The van der Waals surface area contributed by atoms with Gasteiger partial charge in [-0.2, -0.15) is 0 Å². The summed E-state index contributed by atoms with van der Waals surface area (Å²) in [6.07, 6.45) is 3.34. The highest BCUT2D eigenvalue weighted by Gasteiger charge is 2.16. The first-order valence-corrected chi connectivity index (χ1v) is 8.39. The second-order valence-electron chi connectivity index (χ2n) is 6.00. The molecule has 1 aromatic carbocycles. The maximum absolute atomic E-state index is 12.1. The molecule has 5 nitrogen and oxygen atoms in total. The first kappa shape index (κ1) is 17.8. The van der Waals surface area contributed by atoms with Crippen LogP contribution in [0.3, 0.4) is 0 Å². The lowest BCUT2D eigenvalue weighted by atomic mass is 10.2. The molecule has 1 unspecified atom stereocenters. The van der Waals surface area contributed by atoms with Crippen LogP contribution in [0.1, 0.15) is 43.5 Å². The fourth-order valence-electron chi connectivity index (χ4n) is 2.39. The molecule has 0 aliphatic carbocycles. The molecule has 2 rings (SSSR count). The van der Waals surface area contributed by atoms with Crippen molar-refractivity contribution in [1.82, 2.24) is 5.32 Å². The Balaban J connectivity index is 1.73. The largest absolute Gasteiger partial charge is 0.491 e.